The van der Waals surface area contributed by atoms with Gasteiger partial charge in [-0.15, -0.1) is 0 Å². The number of carboxylic acid groups (broad SMARTS) is 1. The quantitative estimate of drug-likeness (QED) is 0.788. The summed E-state index contributed by atoms with van der Waals surface area (Å²) >= 11 is 0. The van der Waals surface area contributed by atoms with Gasteiger partial charge in [0.1, 0.15) is 11.8 Å². The molecule has 0 aliphatic heterocycles. The normalized spacial score (nSPS) is 12.9. The molecule has 0 saturated carbocycles. The third kappa shape index (κ3) is 1.54. The molecule has 2 rings (SSSR count). The number of phenolic OH excluding ortho intramolecular Hbond substituents is 1. The first kappa shape index (κ1) is 9.58. The van der Waals surface area contributed by atoms with E-state index in [1.807, 2.05) is 0 Å². The first-order valence-electron chi connectivity index (χ1n) is 4.62. The molecule has 15 heavy (non-hydrogen) atoms. The Labute approximate surface area is 86.4 Å². The lowest BCUT2D eigenvalue weighted by Crippen LogP contribution is -2.14. The molecule has 0 bridgehead atoms. The summed E-state index contributed by atoms with van der Waals surface area (Å²) in [5.41, 5.74) is 0.808. The highest BCUT2D eigenvalue weighted by atomic mass is 16.4. The Bertz CT molecular complexity index is 516. The monoisotopic (exact) mass is 205 g/mol. The van der Waals surface area contributed by atoms with Gasteiger partial charge in [-0.1, -0.05) is 0 Å². The summed E-state index contributed by atoms with van der Waals surface area (Å²) in [5, 5.41) is 19.0. The van der Waals surface area contributed by atoms with E-state index < -0.39 is 12.0 Å². The van der Waals surface area contributed by atoms with E-state index in [9.17, 15) is 9.90 Å². The molecule has 4 nitrogen and oxygen atoms in total. The Morgan fingerprint density at radius 3 is 2.80 bits per heavy atom. The van der Waals surface area contributed by atoms with E-state index in [0.29, 0.717) is 0 Å². The van der Waals surface area contributed by atoms with Crippen LogP contribution in [0.5, 0.6) is 5.75 Å². The van der Waals surface area contributed by atoms with Gasteiger partial charge < -0.3 is 14.8 Å². The van der Waals surface area contributed by atoms with Crippen molar-refractivity contribution in [3.63, 3.8) is 0 Å². The number of aromatic hydroxyl groups is 1. The lowest BCUT2D eigenvalue weighted by molar-refractivity contribution is -0.140. The number of hydrogen-bond donors (Lipinski definition) is 2. The first-order chi connectivity index (χ1) is 7.09. The molecule has 0 saturated heterocycles. The lowest BCUT2D eigenvalue weighted by atomic mass is 10.2. The number of carboxylic acids is 1. The number of carbonyl (C=O) groups is 1. The molecule has 1 aromatic carbocycles. The van der Waals surface area contributed by atoms with E-state index in [0.717, 1.165) is 10.9 Å². The lowest BCUT2D eigenvalue weighted by Gasteiger charge is -2.09. The minimum absolute atomic E-state index is 0.184. The molecule has 2 N–H and O–H groups in total. The average Bonchev–Trinajstić information content (AvgIpc) is 2.59. The third-order valence-electron chi connectivity index (χ3n) is 2.48. The van der Waals surface area contributed by atoms with Gasteiger partial charge in [-0.05, 0) is 31.2 Å². The van der Waals surface area contributed by atoms with Crippen molar-refractivity contribution in [1.29, 1.82) is 0 Å². The van der Waals surface area contributed by atoms with E-state index in [-0.39, 0.29) is 5.75 Å². The van der Waals surface area contributed by atoms with Gasteiger partial charge in [0.25, 0.3) is 0 Å². The van der Waals surface area contributed by atoms with Crippen LogP contribution in [0.15, 0.2) is 30.5 Å². The van der Waals surface area contributed by atoms with Crippen LogP contribution in [0.1, 0.15) is 13.0 Å². The van der Waals surface area contributed by atoms with E-state index in [1.54, 1.807) is 42.0 Å². The second kappa shape index (κ2) is 3.31. The smallest absolute Gasteiger partial charge is 0.326 e. The Morgan fingerprint density at radius 1 is 1.40 bits per heavy atom. The molecular weight excluding hydrogens is 194 g/mol. The molecule has 1 heterocycles. The van der Waals surface area contributed by atoms with Crippen molar-refractivity contribution in [1.82, 2.24) is 4.57 Å². The number of benzene rings is 1. The number of phenols is 1. The van der Waals surface area contributed by atoms with Crippen LogP contribution in [-0.4, -0.2) is 20.7 Å². The number of nitrogens with zero attached hydrogens (tertiary/aromatic N) is 1. The maximum atomic E-state index is 10.8. The maximum Gasteiger partial charge on any atom is 0.326 e. The summed E-state index contributed by atoms with van der Waals surface area (Å²) in [4.78, 5) is 10.8. The van der Waals surface area contributed by atoms with Gasteiger partial charge in [-0.25, -0.2) is 4.79 Å². The molecule has 0 aliphatic carbocycles. The predicted molar refractivity (Wildman–Crippen MR) is 55.9 cm³/mol. The van der Waals surface area contributed by atoms with Gasteiger partial charge in [0.2, 0.25) is 0 Å². The van der Waals surface area contributed by atoms with Gasteiger partial charge in [0.15, 0.2) is 0 Å². The minimum Gasteiger partial charge on any atom is -0.508 e. The summed E-state index contributed by atoms with van der Waals surface area (Å²) in [7, 11) is 0. The van der Waals surface area contributed by atoms with Crippen molar-refractivity contribution in [2.75, 3.05) is 0 Å². The van der Waals surface area contributed by atoms with E-state index >= 15 is 0 Å². The molecule has 78 valence electrons. The van der Waals surface area contributed by atoms with E-state index in [2.05, 4.69) is 0 Å². The molecule has 0 fully saturated rings. The first-order valence-corrected chi connectivity index (χ1v) is 4.62. The highest BCUT2D eigenvalue weighted by Crippen LogP contribution is 2.23. The zero-order chi connectivity index (χ0) is 11.0. The highest BCUT2D eigenvalue weighted by molar-refractivity contribution is 5.84. The molecule has 0 aliphatic rings. The zero-order valence-electron chi connectivity index (χ0n) is 8.21. The summed E-state index contributed by atoms with van der Waals surface area (Å²) in [6.45, 7) is 1.62. The molecule has 1 aromatic heterocycles. The number of aromatic nitrogens is 1. The molecule has 0 radical (unpaired) electrons. The number of fused-ring (bicyclic) bond motifs is 1. The van der Waals surface area contributed by atoms with Crippen LogP contribution < -0.4 is 0 Å². The van der Waals surface area contributed by atoms with E-state index in [4.69, 9.17) is 5.11 Å². The number of hydrogen-bond acceptors (Lipinski definition) is 2. The minimum atomic E-state index is -0.874. The van der Waals surface area contributed by atoms with Crippen LogP contribution in [-0.2, 0) is 4.79 Å². The summed E-state index contributed by atoms with van der Waals surface area (Å²) < 4.78 is 1.66. The number of rotatable bonds is 2. The molecule has 2 aromatic rings. The second-order valence-electron chi connectivity index (χ2n) is 3.48. The van der Waals surface area contributed by atoms with Crippen LogP contribution in [0.2, 0.25) is 0 Å². The largest absolute Gasteiger partial charge is 0.508 e. The Kier molecular flexibility index (Phi) is 2.11. The Morgan fingerprint density at radius 2 is 2.13 bits per heavy atom. The average molecular weight is 205 g/mol. The van der Waals surface area contributed by atoms with E-state index in [1.165, 1.54) is 0 Å². The molecule has 0 amide bonds. The Balaban J connectivity index is 2.59. The van der Waals surface area contributed by atoms with Gasteiger partial charge in [-0.2, -0.15) is 0 Å². The molecule has 1 atom stereocenters. The van der Waals surface area contributed by atoms with Crippen LogP contribution in [0.25, 0.3) is 10.9 Å². The molecule has 0 spiro atoms. The fourth-order valence-electron chi connectivity index (χ4n) is 1.61. The van der Waals surface area contributed by atoms with Crippen molar-refractivity contribution >= 4 is 16.9 Å². The fourth-order valence-corrected chi connectivity index (χ4v) is 1.61. The molecule has 4 heteroatoms. The topological polar surface area (TPSA) is 62.5 Å². The molecular formula is C11H11NO3. The van der Waals surface area contributed by atoms with Crippen LogP contribution in [0, 0.1) is 0 Å². The summed E-state index contributed by atoms with van der Waals surface area (Å²) in [5.74, 6) is -0.691. The van der Waals surface area contributed by atoms with Crippen molar-refractivity contribution in [3.8, 4) is 5.75 Å². The molecule has 1 unspecified atom stereocenters. The predicted octanol–water partition coefficient (Wildman–Crippen LogP) is 1.99. The third-order valence-corrected chi connectivity index (χ3v) is 2.48. The summed E-state index contributed by atoms with van der Waals surface area (Å²) in [6, 6.07) is 6.05. The van der Waals surface area contributed by atoms with Crippen LogP contribution >= 0.6 is 0 Å². The highest BCUT2D eigenvalue weighted by Gasteiger charge is 2.14. The fraction of sp³-hybridized carbons (Fsp3) is 0.182. The number of aliphatic carboxylic acids is 1. The maximum absolute atomic E-state index is 10.8. The Hall–Kier alpha value is -1.97. The van der Waals surface area contributed by atoms with Gasteiger partial charge in [0, 0.05) is 17.1 Å². The zero-order valence-corrected chi connectivity index (χ0v) is 8.21. The standard InChI is InChI=1S/C11H11NO3/c1-7(11(14)15)12-5-4-8-6-9(13)2-3-10(8)12/h2-7,13H,1H3,(H,14,15). The van der Waals surface area contributed by atoms with Gasteiger partial charge in [-0.3, -0.25) is 0 Å². The van der Waals surface area contributed by atoms with Crippen molar-refractivity contribution in [2.45, 2.75) is 13.0 Å². The van der Waals surface area contributed by atoms with Crippen LogP contribution in [0.3, 0.4) is 0 Å². The van der Waals surface area contributed by atoms with Gasteiger partial charge in [0.05, 0.1) is 0 Å². The van der Waals surface area contributed by atoms with Gasteiger partial charge >= 0.3 is 5.97 Å². The van der Waals surface area contributed by atoms with Crippen LogP contribution in [0.4, 0.5) is 0 Å². The van der Waals surface area contributed by atoms with Crippen molar-refractivity contribution < 1.29 is 15.0 Å². The van der Waals surface area contributed by atoms with Crippen molar-refractivity contribution in [3.05, 3.63) is 30.5 Å². The summed E-state index contributed by atoms with van der Waals surface area (Å²) in [6.07, 6.45) is 1.71. The SMILES string of the molecule is CC(C(=O)O)n1ccc2cc(O)ccc21. The second-order valence-corrected chi connectivity index (χ2v) is 3.48. The van der Waals surface area contributed by atoms with Crippen molar-refractivity contribution in [2.24, 2.45) is 0 Å².